The molecule has 3 rings (SSSR count). The minimum Gasteiger partial charge on any atom is -0.465 e. The molecule has 1 N–H and O–H groups in total. The zero-order valence-corrected chi connectivity index (χ0v) is 14.7. The van der Waals surface area contributed by atoms with E-state index in [0.717, 1.165) is 5.56 Å². The van der Waals surface area contributed by atoms with Gasteiger partial charge in [0.2, 0.25) is 0 Å². The van der Waals surface area contributed by atoms with Crippen molar-refractivity contribution in [2.24, 2.45) is 0 Å². The first-order valence-corrected chi connectivity index (χ1v) is 7.93. The molecule has 0 unspecified atom stereocenters. The van der Waals surface area contributed by atoms with E-state index in [1.807, 2.05) is 19.1 Å². The number of halogens is 1. The van der Waals surface area contributed by atoms with Crippen LogP contribution in [0.1, 0.15) is 32.1 Å². The van der Waals surface area contributed by atoms with E-state index in [9.17, 15) is 9.59 Å². The summed E-state index contributed by atoms with van der Waals surface area (Å²) in [6.45, 7) is 3.73. The van der Waals surface area contributed by atoms with Crippen molar-refractivity contribution < 1.29 is 14.3 Å². The van der Waals surface area contributed by atoms with Crippen molar-refractivity contribution in [2.75, 3.05) is 12.4 Å². The van der Waals surface area contributed by atoms with Crippen LogP contribution in [-0.2, 0) is 4.74 Å². The van der Waals surface area contributed by atoms with Gasteiger partial charge in [0.05, 0.1) is 29.1 Å². The van der Waals surface area contributed by atoms with Crippen LogP contribution >= 0.6 is 11.6 Å². The molecule has 1 aromatic carbocycles. The van der Waals surface area contributed by atoms with E-state index in [1.54, 1.807) is 17.5 Å². The van der Waals surface area contributed by atoms with Gasteiger partial charge < -0.3 is 10.1 Å². The molecule has 128 valence electrons. The van der Waals surface area contributed by atoms with Crippen LogP contribution in [0.3, 0.4) is 0 Å². The number of carbonyl (C=O) groups excluding carboxylic acids is 2. The molecular weight excluding hydrogens is 342 g/mol. The number of anilines is 1. The van der Waals surface area contributed by atoms with E-state index in [2.05, 4.69) is 15.0 Å². The number of nitrogens with one attached hydrogen (secondary N) is 1. The van der Waals surface area contributed by atoms with E-state index >= 15 is 0 Å². The lowest BCUT2D eigenvalue weighted by atomic mass is 10.2. The largest absolute Gasteiger partial charge is 0.465 e. The summed E-state index contributed by atoms with van der Waals surface area (Å²) < 4.78 is 6.41. The van der Waals surface area contributed by atoms with Crippen LogP contribution in [0, 0.1) is 13.8 Å². The average molecular weight is 358 g/mol. The van der Waals surface area contributed by atoms with E-state index in [4.69, 9.17) is 11.6 Å². The molecule has 0 bridgehead atoms. The van der Waals surface area contributed by atoms with Crippen molar-refractivity contribution in [1.82, 2.24) is 9.38 Å². The van der Waals surface area contributed by atoms with Gasteiger partial charge in [0, 0.05) is 6.20 Å². The lowest BCUT2D eigenvalue weighted by Gasteiger charge is -2.09. The summed E-state index contributed by atoms with van der Waals surface area (Å²) in [5.41, 5.74) is 3.39. The molecule has 0 saturated heterocycles. The molecule has 0 aliphatic heterocycles. The topological polar surface area (TPSA) is 72.7 Å². The highest BCUT2D eigenvalue weighted by atomic mass is 35.5. The van der Waals surface area contributed by atoms with Gasteiger partial charge in [-0.3, -0.25) is 9.20 Å². The number of methoxy groups -OCH3 is 1. The Balaban J connectivity index is 1.98. The molecule has 0 radical (unpaired) electrons. The number of imidazole rings is 1. The summed E-state index contributed by atoms with van der Waals surface area (Å²) in [6.07, 6.45) is 1.80. The maximum atomic E-state index is 12.8. The van der Waals surface area contributed by atoms with Crippen LogP contribution in [0.25, 0.3) is 5.65 Å². The van der Waals surface area contributed by atoms with E-state index < -0.39 is 5.97 Å². The number of esters is 1. The van der Waals surface area contributed by atoms with Crippen LogP contribution in [0.15, 0.2) is 36.5 Å². The molecule has 0 aliphatic carbocycles. The fourth-order valence-corrected chi connectivity index (χ4v) is 2.75. The highest BCUT2D eigenvalue weighted by Gasteiger charge is 2.18. The third-order valence-electron chi connectivity index (χ3n) is 3.81. The van der Waals surface area contributed by atoms with Gasteiger partial charge in [0.25, 0.3) is 5.91 Å². The Morgan fingerprint density at radius 1 is 1.20 bits per heavy atom. The van der Waals surface area contributed by atoms with Gasteiger partial charge in [-0.15, -0.1) is 0 Å². The Morgan fingerprint density at radius 3 is 2.68 bits per heavy atom. The predicted molar refractivity (Wildman–Crippen MR) is 95.4 cm³/mol. The molecule has 2 heterocycles. The van der Waals surface area contributed by atoms with Gasteiger partial charge in [-0.05, 0) is 49.7 Å². The fraction of sp³-hybridized carbons (Fsp3) is 0.167. The number of benzene rings is 1. The summed E-state index contributed by atoms with van der Waals surface area (Å²) >= 11 is 6.14. The number of fused-ring (bicyclic) bond motifs is 1. The second-order valence-corrected chi connectivity index (χ2v) is 6.03. The lowest BCUT2D eigenvalue weighted by molar-refractivity contribution is 0.0600. The smallest absolute Gasteiger partial charge is 0.337 e. The SMILES string of the molecule is COC(=O)c1ccc(Cl)c(NC(=O)c2c(C)nc3cc(C)ccn23)c1. The molecule has 0 fully saturated rings. The second-order valence-electron chi connectivity index (χ2n) is 5.62. The van der Waals surface area contributed by atoms with Gasteiger partial charge in [0.1, 0.15) is 11.3 Å². The van der Waals surface area contributed by atoms with Crippen molar-refractivity contribution in [1.29, 1.82) is 0 Å². The first kappa shape index (κ1) is 17.0. The van der Waals surface area contributed by atoms with E-state index in [0.29, 0.717) is 33.3 Å². The molecule has 25 heavy (non-hydrogen) atoms. The van der Waals surface area contributed by atoms with Crippen LogP contribution < -0.4 is 5.32 Å². The van der Waals surface area contributed by atoms with Crippen molar-refractivity contribution in [3.05, 3.63) is 64.1 Å². The number of pyridine rings is 1. The van der Waals surface area contributed by atoms with Gasteiger partial charge in [-0.2, -0.15) is 0 Å². The molecule has 0 aliphatic rings. The quantitative estimate of drug-likeness (QED) is 0.726. The van der Waals surface area contributed by atoms with E-state index in [1.165, 1.54) is 25.3 Å². The number of rotatable bonds is 3. The minimum atomic E-state index is -0.506. The summed E-state index contributed by atoms with van der Waals surface area (Å²) in [7, 11) is 1.29. The number of ether oxygens (including phenoxy) is 1. The highest BCUT2D eigenvalue weighted by molar-refractivity contribution is 6.34. The maximum Gasteiger partial charge on any atom is 0.337 e. The Hall–Kier alpha value is -2.86. The molecule has 1 amide bonds. The molecule has 0 spiro atoms. The van der Waals surface area contributed by atoms with Crippen molar-refractivity contribution in [3.8, 4) is 0 Å². The number of amides is 1. The minimum absolute atomic E-state index is 0.299. The van der Waals surface area contributed by atoms with Crippen LogP contribution in [0.2, 0.25) is 5.02 Å². The number of hydrogen-bond acceptors (Lipinski definition) is 4. The van der Waals surface area contributed by atoms with Crippen LogP contribution in [0.5, 0.6) is 0 Å². The second kappa shape index (κ2) is 6.57. The van der Waals surface area contributed by atoms with Crippen LogP contribution in [0.4, 0.5) is 5.69 Å². The Bertz CT molecular complexity index is 995. The first-order chi connectivity index (χ1) is 11.9. The maximum absolute atomic E-state index is 12.8. The van der Waals surface area contributed by atoms with E-state index in [-0.39, 0.29) is 5.91 Å². The zero-order valence-electron chi connectivity index (χ0n) is 14.0. The van der Waals surface area contributed by atoms with Crippen molar-refractivity contribution in [3.63, 3.8) is 0 Å². The number of hydrogen-bond donors (Lipinski definition) is 1. The Labute approximate surface area is 149 Å². The third kappa shape index (κ3) is 3.21. The van der Waals surface area contributed by atoms with Gasteiger partial charge in [-0.1, -0.05) is 11.6 Å². The fourth-order valence-electron chi connectivity index (χ4n) is 2.59. The summed E-state index contributed by atoms with van der Waals surface area (Å²) in [5, 5.41) is 3.06. The zero-order chi connectivity index (χ0) is 18.1. The standard InChI is InChI=1S/C18H16ClN3O3/c1-10-6-7-22-15(8-10)20-11(2)16(22)17(23)21-14-9-12(18(24)25-3)4-5-13(14)19/h4-9H,1-3H3,(H,21,23). The number of aryl methyl sites for hydroxylation is 2. The number of nitrogens with zero attached hydrogens (tertiary/aromatic N) is 2. The molecule has 3 aromatic rings. The monoisotopic (exact) mass is 357 g/mol. The summed E-state index contributed by atoms with van der Waals surface area (Å²) in [6, 6.07) is 8.35. The molecule has 7 heteroatoms. The summed E-state index contributed by atoms with van der Waals surface area (Å²) in [5.74, 6) is -0.869. The number of aromatic nitrogens is 2. The normalized spacial score (nSPS) is 10.7. The molecular formula is C18H16ClN3O3. The highest BCUT2D eigenvalue weighted by Crippen LogP contribution is 2.25. The van der Waals surface area contributed by atoms with Crippen LogP contribution in [-0.4, -0.2) is 28.4 Å². The van der Waals surface area contributed by atoms with Crippen molar-refractivity contribution in [2.45, 2.75) is 13.8 Å². The van der Waals surface area contributed by atoms with Crippen molar-refractivity contribution >= 4 is 34.8 Å². The van der Waals surface area contributed by atoms with Gasteiger partial charge in [-0.25, -0.2) is 9.78 Å². The third-order valence-corrected chi connectivity index (χ3v) is 4.14. The number of carbonyl (C=O) groups is 2. The lowest BCUT2D eigenvalue weighted by Crippen LogP contribution is -2.16. The predicted octanol–water partition coefficient (Wildman–Crippen LogP) is 3.64. The molecule has 2 aromatic heterocycles. The molecule has 0 saturated carbocycles. The first-order valence-electron chi connectivity index (χ1n) is 7.55. The van der Waals surface area contributed by atoms with Gasteiger partial charge in [0.15, 0.2) is 0 Å². The Kier molecular flexibility index (Phi) is 4.46. The average Bonchev–Trinajstić information content (AvgIpc) is 2.90. The van der Waals surface area contributed by atoms with Gasteiger partial charge >= 0.3 is 5.97 Å². The Morgan fingerprint density at radius 2 is 1.96 bits per heavy atom. The summed E-state index contributed by atoms with van der Waals surface area (Å²) in [4.78, 5) is 28.8. The molecule has 0 atom stereocenters. The molecule has 6 nitrogen and oxygen atoms in total.